The Morgan fingerprint density at radius 1 is 1.22 bits per heavy atom. The molecule has 1 atom stereocenters. The van der Waals surface area contributed by atoms with Crippen molar-refractivity contribution in [3.8, 4) is 0 Å². The average Bonchev–Trinajstić information content (AvgIpc) is 3.06. The smallest absolute Gasteiger partial charge is 0.251 e. The summed E-state index contributed by atoms with van der Waals surface area (Å²) in [4.78, 5) is 19.0. The van der Waals surface area contributed by atoms with Crippen molar-refractivity contribution in [3.05, 3.63) is 59.7 Å². The van der Waals surface area contributed by atoms with Gasteiger partial charge in [0.25, 0.3) is 5.91 Å². The molecular formula is C21H25N5O. The first-order valence-electron chi connectivity index (χ1n) is 9.42. The monoisotopic (exact) mass is 363 g/mol. The number of rotatable bonds is 4. The van der Waals surface area contributed by atoms with Gasteiger partial charge in [-0.1, -0.05) is 24.3 Å². The number of anilines is 1. The molecule has 6 nitrogen and oxygen atoms in total. The van der Waals surface area contributed by atoms with Crippen LogP contribution in [0.5, 0.6) is 0 Å². The molecule has 27 heavy (non-hydrogen) atoms. The Labute approximate surface area is 159 Å². The number of piperidine rings is 1. The summed E-state index contributed by atoms with van der Waals surface area (Å²) < 4.78 is 2.25. The summed E-state index contributed by atoms with van der Waals surface area (Å²) >= 11 is 0. The molecule has 2 aromatic carbocycles. The van der Waals surface area contributed by atoms with Gasteiger partial charge >= 0.3 is 0 Å². The third-order valence-electron chi connectivity index (χ3n) is 5.16. The molecule has 3 N–H and O–H groups in total. The molecule has 0 unspecified atom stereocenters. The molecule has 0 aliphatic carbocycles. The van der Waals surface area contributed by atoms with E-state index in [9.17, 15) is 4.79 Å². The molecule has 1 saturated heterocycles. The first kappa shape index (κ1) is 17.5. The van der Waals surface area contributed by atoms with Crippen LogP contribution in [0.3, 0.4) is 0 Å². The normalized spacial score (nSPS) is 17.3. The second kappa shape index (κ2) is 7.40. The Morgan fingerprint density at radius 2 is 2.00 bits per heavy atom. The Morgan fingerprint density at radius 3 is 2.74 bits per heavy atom. The van der Waals surface area contributed by atoms with Gasteiger partial charge < -0.3 is 20.5 Å². The van der Waals surface area contributed by atoms with Gasteiger partial charge in [-0.3, -0.25) is 4.79 Å². The van der Waals surface area contributed by atoms with E-state index in [2.05, 4.69) is 20.9 Å². The minimum absolute atomic E-state index is 0.0716. The number of nitrogens with zero attached hydrogens (tertiary/aromatic N) is 3. The van der Waals surface area contributed by atoms with Crippen LogP contribution in [0.2, 0.25) is 0 Å². The number of fused-ring (bicyclic) bond motifs is 1. The van der Waals surface area contributed by atoms with Crippen LogP contribution in [0.25, 0.3) is 11.0 Å². The highest BCUT2D eigenvalue weighted by Crippen LogP contribution is 2.26. The van der Waals surface area contributed by atoms with E-state index >= 15 is 0 Å². The molecule has 3 aromatic rings. The number of nitrogens with one attached hydrogen (secondary N) is 1. The van der Waals surface area contributed by atoms with Crippen LogP contribution in [0.1, 0.15) is 28.8 Å². The number of hydrogen-bond acceptors (Lipinski definition) is 4. The fourth-order valence-electron chi connectivity index (χ4n) is 3.74. The summed E-state index contributed by atoms with van der Waals surface area (Å²) in [7, 11) is 1.64. The molecule has 1 fully saturated rings. The molecule has 1 aromatic heterocycles. The highest BCUT2D eigenvalue weighted by molar-refractivity contribution is 5.93. The average molecular weight is 363 g/mol. The van der Waals surface area contributed by atoms with Gasteiger partial charge in [-0.05, 0) is 42.7 Å². The van der Waals surface area contributed by atoms with Gasteiger partial charge in [-0.2, -0.15) is 0 Å². The van der Waals surface area contributed by atoms with Crippen LogP contribution >= 0.6 is 0 Å². The molecule has 140 valence electrons. The van der Waals surface area contributed by atoms with Gasteiger partial charge in [0.2, 0.25) is 5.95 Å². The molecule has 0 saturated carbocycles. The van der Waals surface area contributed by atoms with E-state index in [1.165, 1.54) is 0 Å². The van der Waals surface area contributed by atoms with Crippen molar-refractivity contribution in [3.63, 3.8) is 0 Å². The zero-order valence-electron chi connectivity index (χ0n) is 15.6. The van der Waals surface area contributed by atoms with Gasteiger partial charge in [-0.25, -0.2) is 4.98 Å². The van der Waals surface area contributed by atoms with Crippen molar-refractivity contribution < 1.29 is 4.79 Å². The van der Waals surface area contributed by atoms with E-state index in [4.69, 9.17) is 10.7 Å². The molecule has 4 rings (SSSR count). The predicted molar refractivity (Wildman–Crippen MR) is 108 cm³/mol. The number of carbonyl (C=O) groups is 1. The van der Waals surface area contributed by atoms with E-state index < -0.39 is 0 Å². The van der Waals surface area contributed by atoms with Crippen molar-refractivity contribution in [2.24, 2.45) is 5.73 Å². The van der Waals surface area contributed by atoms with Gasteiger partial charge in [0.05, 0.1) is 17.6 Å². The molecule has 0 spiro atoms. The van der Waals surface area contributed by atoms with E-state index in [1.807, 2.05) is 42.5 Å². The van der Waals surface area contributed by atoms with Crippen LogP contribution in [0, 0.1) is 0 Å². The lowest BCUT2D eigenvalue weighted by Crippen LogP contribution is -2.44. The lowest BCUT2D eigenvalue weighted by Gasteiger charge is -2.32. The summed E-state index contributed by atoms with van der Waals surface area (Å²) in [6.07, 6.45) is 2.16. The zero-order valence-corrected chi connectivity index (χ0v) is 15.6. The molecule has 2 heterocycles. The van der Waals surface area contributed by atoms with Crippen molar-refractivity contribution in [2.45, 2.75) is 25.4 Å². The van der Waals surface area contributed by atoms with Crippen molar-refractivity contribution in [1.82, 2.24) is 14.9 Å². The topological polar surface area (TPSA) is 76.2 Å². The fraction of sp³-hybridized carbons (Fsp3) is 0.333. The van der Waals surface area contributed by atoms with Gasteiger partial charge in [0, 0.05) is 31.7 Å². The van der Waals surface area contributed by atoms with E-state index in [0.717, 1.165) is 48.5 Å². The molecule has 0 bridgehead atoms. The summed E-state index contributed by atoms with van der Waals surface area (Å²) in [5, 5.41) is 2.65. The van der Waals surface area contributed by atoms with E-state index in [0.29, 0.717) is 12.1 Å². The standard InChI is InChI=1S/C21H25N5O/c1-23-20(27)16-10-8-15(9-11-16)13-26-19-7-3-2-6-18(19)24-21(26)25-12-4-5-17(22)14-25/h2-3,6-11,17H,4-5,12-14,22H2,1H3,(H,23,27)/t17-/m1/s1. The summed E-state index contributed by atoms with van der Waals surface area (Å²) in [6, 6.07) is 16.1. The van der Waals surface area contributed by atoms with Crippen LogP contribution < -0.4 is 16.0 Å². The van der Waals surface area contributed by atoms with Crippen molar-refractivity contribution >= 4 is 22.9 Å². The lowest BCUT2D eigenvalue weighted by atomic mass is 10.1. The second-order valence-corrected chi connectivity index (χ2v) is 7.11. The summed E-state index contributed by atoms with van der Waals surface area (Å²) in [6.45, 7) is 2.52. The summed E-state index contributed by atoms with van der Waals surface area (Å²) in [5.74, 6) is 0.902. The number of hydrogen-bond donors (Lipinski definition) is 2. The third-order valence-corrected chi connectivity index (χ3v) is 5.16. The number of amides is 1. The first-order valence-corrected chi connectivity index (χ1v) is 9.42. The predicted octanol–water partition coefficient (Wildman–Crippen LogP) is 2.37. The maximum absolute atomic E-state index is 11.8. The molecular weight excluding hydrogens is 338 g/mol. The fourth-order valence-corrected chi connectivity index (χ4v) is 3.74. The largest absolute Gasteiger partial charge is 0.355 e. The lowest BCUT2D eigenvalue weighted by molar-refractivity contribution is 0.0963. The van der Waals surface area contributed by atoms with Gasteiger partial charge in [0.1, 0.15) is 0 Å². The Balaban J connectivity index is 1.69. The van der Waals surface area contributed by atoms with E-state index in [-0.39, 0.29) is 11.9 Å². The van der Waals surface area contributed by atoms with Crippen molar-refractivity contribution in [2.75, 3.05) is 25.0 Å². The Hall–Kier alpha value is -2.86. The zero-order chi connectivity index (χ0) is 18.8. The molecule has 1 amide bonds. The molecule has 1 aliphatic rings. The van der Waals surface area contributed by atoms with Crippen LogP contribution in [0.15, 0.2) is 48.5 Å². The highest BCUT2D eigenvalue weighted by Gasteiger charge is 2.22. The number of nitrogens with two attached hydrogens (primary N) is 1. The van der Waals surface area contributed by atoms with Crippen LogP contribution in [0.4, 0.5) is 5.95 Å². The number of imidazole rings is 1. The Bertz CT molecular complexity index is 947. The van der Waals surface area contributed by atoms with Gasteiger partial charge in [-0.15, -0.1) is 0 Å². The number of para-hydroxylation sites is 2. The minimum Gasteiger partial charge on any atom is -0.355 e. The number of carbonyl (C=O) groups excluding carboxylic acids is 1. The number of aromatic nitrogens is 2. The van der Waals surface area contributed by atoms with Crippen molar-refractivity contribution in [1.29, 1.82) is 0 Å². The maximum Gasteiger partial charge on any atom is 0.251 e. The third kappa shape index (κ3) is 3.53. The maximum atomic E-state index is 11.8. The van der Waals surface area contributed by atoms with Gasteiger partial charge in [0.15, 0.2) is 0 Å². The molecule has 0 radical (unpaired) electrons. The molecule has 6 heteroatoms. The highest BCUT2D eigenvalue weighted by atomic mass is 16.1. The SMILES string of the molecule is CNC(=O)c1ccc(Cn2c(N3CCC[C@@H](N)C3)nc3ccccc32)cc1. The first-order chi connectivity index (χ1) is 13.2. The number of benzene rings is 2. The van der Waals surface area contributed by atoms with Crippen LogP contribution in [-0.2, 0) is 6.54 Å². The van der Waals surface area contributed by atoms with E-state index in [1.54, 1.807) is 7.05 Å². The second-order valence-electron chi connectivity index (χ2n) is 7.11. The Kier molecular flexibility index (Phi) is 4.81. The minimum atomic E-state index is -0.0716. The quantitative estimate of drug-likeness (QED) is 0.746. The summed E-state index contributed by atoms with van der Waals surface area (Å²) in [5.41, 5.74) is 10.1. The molecule has 1 aliphatic heterocycles. The van der Waals surface area contributed by atoms with Crippen LogP contribution in [-0.4, -0.2) is 41.6 Å².